The number of benzene rings is 1. The van der Waals surface area contributed by atoms with Crippen molar-refractivity contribution in [3.05, 3.63) is 57.3 Å². The number of oxazole rings is 1. The first-order chi connectivity index (χ1) is 17.0. The van der Waals surface area contributed by atoms with Gasteiger partial charge >= 0.3 is 5.97 Å². The third kappa shape index (κ3) is 4.52. The largest absolute Gasteiger partial charge is 0.477 e. The average Bonchev–Trinajstić information content (AvgIpc) is 3.25. The summed E-state index contributed by atoms with van der Waals surface area (Å²) in [6.45, 7) is 8.97. The van der Waals surface area contributed by atoms with Gasteiger partial charge in [0.2, 0.25) is 11.3 Å². The number of fused-ring (bicyclic) bond motifs is 1. The molecule has 0 saturated carbocycles. The van der Waals surface area contributed by atoms with E-state index in [2.05, 4.69) is 9.88 Å². The number of pyridine rings is 1. The molecule has 8 nitrogen and oxygen atoms in total. The summed E-state index contributed by atoms with van der Waals surface area (Å²) < 4.78 is 23.2. The fourth-order valence-corrected chi connectivity index (χ4v) is 5.55. The normalized spacial score (nSPS) is 16.6. The summed E-state index contributed by atoms with van der Waals surface area (Å²) in [6, 6.07) is 1.20. The Balaban J connectivity index is 1.72. The number of anilines is 1. The van der Waals surface area contributed by atoms with E-state index < -0.39 is 17.2 Å². The van der Waals surface area contributed by atoms with Crippen molar-refractivity contribution in [3.8, 4) is 0 Å². The van der Waals surface area contributed by atoms with E-state index in [0.717, 1.165) is 25.0 Å². The van der Waals surface area contributed by atoms with Crippen molar-refractivity contribution >= 4 is 22.6 Å². The highest BCUT2D eigenvalue weighted by molar-refractivity contribution is 5.95. The zero-order valence-electron chi connectivity index (χ0n) is 21.8. The molecule has 2 aromatic heterocycles. The minimum Gasteiger partial charge on any atom is -0.477 e. The zero-order chi connectivity index (χ0) is 26.3. The molecule has 1 saturated heterocycles. The number of halogens is 1. The molecule has 3 aromatic rings. The SMILES string of the molecule is CCC(C)n1cc(C(=O)O)c(=O)c2cc(F)c(N3CCC(C(c4ncc(C)o4)N(C)C)CC3)c(C)c21. The van der Waals surface area contributed by atoms with Gasteiger partial charge in [-0.25, -0.2) is 14.2 Å². The molecule has 194 valence electrons. The Morgan fingerprint density at radius 3 is 2.50 bits per heavy atom. The van der Waals surface area contributed by atoms with Gasteiger partial charge in [0, 0.05) is 30.7 Å². The molecule has 2 atom stereocenters. The Morgan fingerprint density at radius 1 is 1.31 bits per heavy atom. The van der Waals surface area contributed by atoms with Crippen molar-refractivity contribution in [2.45, 2.75) is 59.0 Å². The van der Waals surface area contributed by atoms with Crippen molar-refractivity contribution in [3.63, 3.8) is 0 Å². The number of hydrogen-bond donors (Lipinski definition) is 1. The standard InChI is InChI=1S/C27H35FN4O4/c1-7-15(2)32-14-20(27(34)35)25(33)19-12-21(28)23(17(4)22(19)32)31-10-8-18(9-11-31)24(30(5)6)26-29-13-16(3)36-26/h12-15,18,24H,7-11H2,1-6H3,(H,34,35). The number of rotatable bonds is 7. The van der Waals surface area contributed by atoms with Gasteiger partial charge in [-0.2, -0.15) is 0 Å². The molecular weight excluding hydrogens is 463 g/mol. The maximum Gasteiger partial charge on any atom is 0.341 e. The summed E-state index contributed by atoms with van der Waals surface area (Å²) in [5, 5.41) is 9.67. The van der Waals surface area contributed by atoms with Crippen LogP contribution in [0.2, 0.25) is 0 Å². The molecule has 0 amide bonds. The highest BCUT2D eigenvalue weighted by Gasteiger charge is 2.34. The van der Waals surface area contributed by atoms with Crippen LogP contribution in [0.4, 0.5) is 10.1 Å². The number of piperidine rings is 1. The molecule has 0 radical (unpaired) electrons. The van der Waals surface area contributed by atoms with E-state index in [1.54, 1.807) is 6.20 Å². The minimum absolute atomic E-state index is 0.0356. The predicted molar refractivity (Wildman–Crippen MR) is 137 cm³/mol. The number of aryl methyl sites for hydroxylation is 2. The van der Waals surface area contributed by atoms with Gasteiger partial charge < -0.3 is 19.0 Å². The second-order valence-electron chi connectivity index (χ2n) is 10.1. The summed E-state index contributed by atoms with van der Waals surface area (Å²) in [6.07, 6.45) is 5.54. The van der Waals surface area contributed by atoms with Crippen LogP contribution in [-0.4, -0.2) is 52.7 Å². The first-order valence-electron chi connectivity index (χ1n) is 12.5. The van der Waals surface area contributed by atoms with E-state index in [1.807, 2.05) is 51.3 Å². The molecule has 4 rings (SSSR count). The van der Waals surface area contributed by atoms with Crippen molar-refractivity contribution < 1.29 is 18.7 Å². The van der Waals surface area contributed by atoms with E-state index in [4.69, 9.17) is 4.42 Å². The fraction of sp³-hybridized carbons (Fsp3) is 0.519. The summed E-state index contributed by atoms with van der Waals surface area (Å²) in [4.78, 5) is 33.3. The molecular formula is C27H35FN4O4. The van der Waals surface area contributed by atoms with Gasteiger partial charge in [-0.05, 0) is 71.7 Å². The third-order valence-corrected chi connectivity index (χ3v) is 7.53. The van der Waals surface area contributed by atoms with E-state index in [1.165, 1.54) is 12.3 Å². The van der Waals surface area contributed by atoms with Crippen LogP contribution in [0.3, 0.4) is 0 Å². The second kappa shape index (κ2) is 10.0. The van der Waals surface area contributed by atoms with Crippen LogP contribution < -0.4 is 10.3 Å². The lowest BCUT2D eigenvalue weighted by Crippen LogP contribution is -2.39. The lowest BCUT2D eigenvalue weighted by atomic mass is 9.88. The molecule has 1 aliphatic heterocycles. The van der Waals surface area contributed by atoms with Gasteiger partial charge in [-0.3, -0.25) is 9.69 Å². The molecule has 3 heterocycles. The highest BCUT2D eigenvalue weighted by atomic mass is 19.1. The molecule has 2 unspecified atom stereocenters. The van der Waals surface area contributed by atoms with Crippen molar-refractivity contribution in [1.29, 1.82) is 0 Å². The quantitative estimate of drug-likeness (QED) is 0.494. The number of hydrogen-bond acceptors (Lipinski definition) is 6. The van der Waals surface area contributed by atoms with Gasteiger partial charge in [0.25, 0.3) is 0 Å². The number of carboxylic acid groups (broad SMARTS) is 1. The Bertz CT molecular complexity index is 1340. The molecule has 1 aromatic carbocycles. The Hall–Kier alpha value is -3.20. The number of carboxylic acids is 1. The van der Waals surface area contributed by atoms with Crippen molar-refractivity contribution in [2.24, 2.45) is 5.92 Å². The molecule has 36 heavy (non-hydrogen) atoms. The smallest absolute Gasteiger partial charge is 0.341 e. The van der Waals surface area contributed by atoms with Crippen LogP contribution in [-0.2, 0) is 0 Å². The van der Waals surface area contributed by atoms with E-state index in [-0.39, 0.29) is 23.0 Å². The first kappa shape index (κ1) is 25.9. The zero-order valence-corrected chi connectivity index (χ0v) is 21.8. The van der Waals surface area contributed by atoms with Crippen molar-refractivity contribution in [2.75, 3.05) is 32.1 Å². The Morgan fingerprint density at radius 2 is 1.97 bits per heavy atom. The third-order valence-electron chi connectivity index (χ3n) is 7.53. The van der Waals surface area contributed by atoms with Crippen LogP contribution in [0.15, 0.2) is 27.7 Å². The summed E-state index contributed by atoms with van der Waals surface area (Å²) in [5.74, 6) is -0.0203. The predicted octanol–water partition coefficient (Wildman–Crippen LogP) is 4.93. The minimum atomic E-state index is -1.31. The number of carbonyl (C=O) groups is 1. The maximum atomic E-state index is 15.6. The number of nitrogens with zero attached hydrogens (tertiary/aromatic N) is 4. The monoisotopic (exact) mass is 498 g/mol. The topological polar surface area (TPSA) is 91.8 Å². The summed E-state index contributed by atoms with van der Waals surface area (Å²) >= 11 is 0. The molecule has 9 heteroatoms. The van der Waals surface area contributed by atoms with Gasteiger partial charge in [-0.15, -0.1) is 0 Å². The van der Waals surface area contributed by atoms with Crippen LogP contribution in [0, 0.1) is 25.6 Å². The van der Waals surface area contributed by atoms with Gasteiger partial charge in [0.15, 0.2) is 0 Å². The van der Waals surface area contributed by atoms with Gasteiger partial charge in [-0.1, -0.05) is 6.92 Å². The summed E-state index contributed by atoms with van der Waals surface area (Å²) in [5.41, 5.74) is 0.740. The number of aromatic nitrogens is 2. The van der Waals surface area contributed by atoms with Gasteiger partial charge in [0.1, 0.15) is 17.1 Å². The van der Waals surface area contributed by atoms with E-state index in [9.17, 15) is 14.7 Å². The lowest BCUT2D eigenvalue weighted by Gasteiger charge is -2.39. The second-order valence-corrected chi connectivity index (χ2v) is 10.1. The van der Waals surface area contributed by atoms with Crippen LogP contribution >= 0.6 is 0 Å². The maximum absolute atomic E-state index is 15.6. The molecule has 1 aliphatic rings. The highest BCUT2D eigenvalue weighted by Crippen LogP contribution is 2.38. The van der Waals surface area contributed by atoms with Crippen LogP contribution in [0.5, 0.6) is 0 Å². The molecule has 0 aliphatic carbocycles. The fourth-order valence-electron chi connectivity index (χ4n) is 5.55. The Kier molecular flexibility index (Phi) is 7.22. The van der Waals surface area contributed by atoms with Crippen LogP contribution in [0.1, 0.15) is 72.8 Å². The molecule has 1 fully saturated rings. The average molecular weight is 499 g/mol. The molecule has 0 spiro atoms. The van der Waals surface area contributed by atoms with E-state index >= 15 is 4.39 Å². The first-order valence-corrected chi connectivity index (χ1v) is 12.5. The van der Waals surface area contributed by atoms with E-state index in [0.29, 0.717) is 41.7 Å². The lowest BCUT2D eigenvalue weighted by molar-refractivity contribution is 0.0694. The van der Waals surface area contributed by atoms with Crippen molar-refractivity contribution in [1.82, 2.24) is 14.5 Å². The summed E-state index contributed by atoms with van der Waals surface area (Å²) in [7, 11) is 4.03. The van der Waals surface area contributed by atoms with Crippen LogP contribution in [0.25, 0.3) is 10.9 Å². The number of aromatic carboxylic acids is 1. The molecule has 0 bridgehead atoms. The Labute approximate surface area is 210 Å². The van der Waals surface area contributed by atoms with Gasteiger partial charge in [0.05, 0.1) is 23.4 Å². The molecule has 1 N–H and O–H groups in total.